The minimum absolute atomic E-state index is 0.109. The quantitative estimate of drug-likeness (QED) is 0.929. The van der Waals surface area contributed by atoms with E-state index in [1.54, 1.807) is 18.2 Å². The highest BCUT2D eigenvalue weighted by molar-refractivity contribution is 6.04. The molecule has 0 bridgehead atoms. The minimum atomic E-state index is -1.03. The third kappa shape index (κ3) is 2.67. The highest BCUT2D eigenvalue weighted by Crippen LogP contribution is 2.36. The molecule has 1 atom stereocenters. The van der Waals surface area contributed by atoms with Crippen LogP contribution in [0.25, 0.3) is 0 Å². The Morgan fingerprint density at radius 1 is 1.00 bits per heavy atom. The lowest BCUT2D eigenvalue weighted by atomic mass is 9.95. The van der Waals surface area contributed by atoms with Crippen LogP contribution in [-0.4, -0.2) is 34.5 Å². The number of carbonyl (C=O) groups excluding carboxylic acids is 1. The van der Waals surface area contributed by atoms with Gasteiger partial charge < -0.3 is 10.0 Å². The number of hydrogen-bond donors (Lipinski definition) is 1. The van der Waals surface area contributed by atoms with E-state index < -0.39 is 5.97 Å². The average molecular weight is 287 g/mol. The first-order valence-corrected chi connectivity index (χ1v) is 7.82. The Balaban J connectivity index is 1.85. The molecule has 0 radical (unpaired) electrons. The number of benzene rings is 1. The first-order valence-electron chi connectivity index (χ1n) is 7.82. The minimum Gasteiger partial charge on any atom is -0.478 e. The number of carboxylic acids is 1. The summed E-state index contributed by atoms with van der Waals surface area (Å²) in [6.07, 6.45) is 7.02. The second-order valence-corrected chi connectivity index (χ2v) is 6.10. The molecule has 1 unspecified atom stereocenters. The molecule has 3 rings (SSSR count). The Morgan fingerprint density at radius 2 is 1.67 bits per heavy atom. The third-order valence-corrected chi connectivity index (χ3v) is 4.89. The van der Waals surface area contributed by atoms with Crippen molar-refractivity contribution in [1.29, 1.82) is 0 Å². The summed E-state index contributed by atoms with van der Waals surface area (Å²) in [5, 5.41) is 9.26. The molecular formula is C17H21NO3. The molecule has 2 aliphatic rings. The predicted octanol–water partition coefficient (Wildman–Crippen LogP) is 3.18. The molecule has 21 heavy (non-hydrogen) atoms. The Hall–Kier alpha value is -1.84. The normalized spacial score (nSPS) is 22.7. The lowest BCUT2D eigenvalue weighted by Gasteiger charge is -2.29. The van der Waals surface area contributed by atoms with Crippen molar-refractivity contribution in [2.45, 2.75) is 44.6 Å². The number of amides is 1. The van der Waals surface area contributed by atoms with Crippen LogP contribution >= 0.6 is 0 Å². The number of carboxylic acid groups (broad SMARTS) is 1. The third-order valence-electron chi connectivity index (χ3n) is 4.89. The van der Waals surface area contributed by atoms with Crippen LogP contribution in [0.1, 0.15) is 59.2 Å². The van der Waals surface area contributed by atoms with Gasteiger partial charge in [0.25, 0.3) is 5.91 Å². The Labute approximate surface area is 124 Å². The zero-order chi connectivity index (χ0) is 14.8. The van der Waals surface area contributed by atoms with Crippen LogP contribution in [-0.2, 0) is 0 Å². The van der Waals surface area contributed by atoms with E-state index in [0.717, 1.165) is 19.4 Å². The molecule has 1 aliphatic carbocycles. The fraction of sp³-hybridized carbons (Fsp3) is 0.529. The van der Waals surface area contributed by atoms with Gasteiger partial charge in [0.1, 0.15) is 0 Å². The van der Waals surface area contributed by atoms with Crippen LogP contribution in [0.2, 0.25) is 0 Å². The molecule has 0 spiro atoms. The van der Waals surface area contributed by atoms with Gasteiger partial charge in [0.2, 0.25) is 0 Å². The molecule has 0 aromatic heterocycles. The second-order valence-electron chi connectivity index (χ2n) is 6.10. The molecule has 4 heteroatoms. The number of rotatable bonds is 3. The number of hydrogen-bond acceptors (Lipinski definition) is 2. The van der Waals surface area contributed by atoms with Crippen LogP contribution in [0.3, 0.4) is 0 Å². The summed E-state index contributed by atoms with van der Waals surface area (Å²) in [5.41, 5.74) is 0.439. The van der Waals surface area contributed by atoms with Crippen molar-refractivity contribution in [3.8, 4) is 0 Å². The van der Waals surface area contributed by atoms with Gasteiger partial charge in [-0.15, -0.1) is 0 Å². The van der Waals surface area contributed by atoms with Gasteiger partial charge in [0.15, 0.2) is 0 Å². The maximum Gasteiger partial charge on any atom is 0.336 e. The maximum absolute atomic E-state index is 12.8. The van der Waals surface area contributed by atoms with E-state index in [9.17, 15) is 14.7 Å². The van der Waals surface area contributed by atoms with Crippen LogP contribution in [0.15, 0.2) is 24.3 Å². The van der Waals surface area contributed by atoms with Gasteiger partial charge >= 0.3 is 5.97 Å². The van der Waals surface area contributed by atoms with Crippen molar-refractivity contribution in [2.75, 3.05) is 6.54 Å². The summed E-state index contributed by atoms with van der Waals surface area (Å²) in [5.74, 6) is -0.536. The van der Waals surface area contributed by atoms with Crippen molar-refractivity contribution in [3.63, 3.8) is 0 Å². The van der Waals surface area contributed by atoms with Gasteiger partial charge in [0.05, 0.1) is 11.1 Å². The van der Waals surface area contributed by atoms with Gasteiger partial charge in [-0.2, -0.15) is 0 Å². The van der Waals surface area contributed by atoms with E-state index in [-0.39, 0.29) is 11.5 Å². The molecule has 1 N–H and O–H groups in total. The van der Waals surface area contributed by atoms with E-state index in [4.69, 9.17) is 0 Å². The SMILES string of the molecule is O=C(O)c1ccccc1C(=O)N1CCCC1C1CCCC1. The molecule has 1 saturated heterocycles. The number of aromatic carboxylic acids is 1. The van der Waals surface area contributed by atoms with Crippen LogP contribution in [0, 0.1) is 5.92 Å². The Bertz CT molecular complexity index is 549. The zero-order valence-electron chi connectivity index (χ0n) is 12.1. The Kier molecular flexibility index (Phi) is 3.95. The molecule has 4 nitrogen and oxygen atoms in total. The van der Waals surface area contributed by atoms with Gasteiger partial charge in [-0.1, -0.05) is 25.0 Å². The largest absolute Gasteiger partial charge is 0.478 e. The van der Waals surface area contributed by atoms with Crippen molar-refractivity contribution in [1.82, 2.24) is 4.90 Å². The maximum atomic E-state index is 12.8. The van der Waals surface area contributed by atoms with E-state index in [2.05, 4.69) is 0 Å². The molecule has 1 aromatic rings. The first-order chi connectivity index (χ1) is 10.2. The summed E-state index contributed by atoms with van der Waals surface area (Å²) >= 11 is 0. The van der Waals surface area contributed by atoms with E-state index in [1.165, 1.54) is 31.7 Å². The van der Waals surface area contributed by atoms with Crippen molar-refractivity contribution in [2.24, 2.45) is 5.92 Å². The molecule has 2 fully saturated rings. The van der Waals surface area contributed by atoms with E-state index in [1.807, 2.05) is 4.90 Å². The van der Waals surface area contributed by atoms with Crippen LogP contribution in [0.5, 0.6) is 0 Å². The average Bonchev–Trinajstić information content (AvgIpc) is 3.16. The van der Waals surface area contributed by atoms with Crippen LogP contribution < -0.4 is 0 Å². The van der Waals surface area contributed by atoms with Crippen LogP contribution in [0.4, 0.5) is 0 Å². The fourth-order valence-electron chi connectivity index (χ4n) is 3.89. The highest BCUT2D eigenvalue weighted by atomic mass is 16.4. The van der Waals surface area contributed by atoms with Crippen molar-refractivity contribution < 1.29 is 14.7 Å². The molecule has 1 amide bonds. The fourth-order valence-corrected chi connectivity index (χ4v) is 3.89. The molecule has 112 valence electrons. The van der Waals surface area contributed by atoms with Gasteiger partial charge in [-0.3, -0.25) is 4.79 Å². The highest BCUT2D eigenvalue weighted by Gasteiger charge is 2.37. The topological polar surface area (TPSA) is 57.6 Å². The first kappa shape index (κ1) is 14.1. The Morgan fingerprint density at radius 3 is 2.33 bits per heavy atom. The standard InChI is InChI=1S/C17H21NO3/c19-16(13-8-3-4-9-14(13)17(20)21)18-11-5-10-15(18)12-6-1-2-7-12/h3-4,8-9,12,15H,1-2,5-7,10-11H2,(H,20,21). The van der Waals surface area contributed by atoms with Gasteiger partial charge in [-0.25, -0.2) is 4.79 Å². The summed E-state index contributed by atoms with van der Waals surface area (Å²) in [7, 11) is 0. The summed E-state index contributed by atoms with van der Waals surface area (Å²) < 4.78 is 0. The lowest BCUT2D eigenvalue weighted by Crippen LogP contribution is -2.40. The monoisotopic (exact) mass is 287 g/mol. The van der Waals surface area contributed by atoms with Crippen molar-refractivity contribution in [3.05, 3.63) is 35.4 Å². The molecular weight excluding hydrogens is 266 g/mol. The second kappa shape index (κ2) is 5.88. The zero-order valence-corrected chi connectivity index (χ0v) is 12.1. The molecule has 1 aromatic carbocycles. The number of carbonyl (C=O) groups is 2. The number of nitrogens with zero attached hydrogens (tertiary/aromatic N) is 1. The number of likely N-dealkylation sites (tertiary alicyclic amines) is 1. The van der Waals surface area contributed by atoms with Gasteiger partial charge in [0, 0.05) is 12.6 Å². The summed E-state index contributed by atoms with van der Waals surface area (Å²) in [6.45, 7) is 0.758. The van der Waals surface area contributed by atoms with E-state index >= 15 is 0 Å². The van der Waals surface area contributed by atoms with E-state index in [0.29, 0.717) is 17.5 Å². The smallest absolute Gasteiger partial charge is 0.336 e. The summed E-state index contributed by atoms with van der Waals surface area (Å²) in [6, 6.07) is 6.85. The molecule has 1 aliphatic heterocycles. The van der Waals surface area contributed by atoms with Gasteiger partial charge in [-0.05, 0) is 43.7 Å². The lowest BCUT2D eigenvalue weighted by molar-refractivity contribution is 0.0650. The van der Waals surface area contributed by atoms with Crippen molar-refractivity contribution >= 4 is 11.9 Å². The molecule has 1 saturated carbocycles. The predicted molar refractivity (Wildman–Crippen MR) is 79.4 cm³/mol. The summed E-state index contributed by atoms with van der Waals surface area (Å²) in [4.78, 5) is 26.0. The molecule has 1 heterocycles.